The molecule has 4 rings (SSSR count). The van der Waals surface area contributed by atoms with Gasteiger partial charge in [-0.3, -0.25) is 19.4 Å². The molecule has 1 amide bonds. The SMILES string of the molecule is CN=C(NCC1(N2CCOCC2)CCSC1)N1CCN(c2cnn(C)c2)C(=O)C1. The zero-order valence-corrected chi connectivity index (χ0v) is 18.2. The third-order valence-electron chi connectivity index (χ3n) is 6.07. The summed E-state index contributed by atoms with van der Waals surface area (Å²) >= 11 is 2.03. The van der Waals surface area contributed by atoms with Crippen LogP contribution in [0.25, 0.3) is 0 Å². The smallest absolute Gasteiger partial charge is 0.246 e. The lowest BCUT2D eigenvalue weighted by Gasteiger charge is -2.44. The Morgan fingerprint density at radius 2 is 2.17 bits per heavy atom. The number of carbonyl (C=O) groups excluding carboxylic acids is 1. The second-order valence-corrected chi connectivity index (χ2v) is 8.97. The molecule has 1 aromatic rings. The molecule has 4 heterocycles. The third kappa shape index (κ3) is 4.39. The number of aliphatic imine (C=N–C) groups is 1. The van der Waals surface area contributed by atoms with Crippen molar-refractivity contribution in [1.82, 2.24) is 24.9 Å². The van der Waals surface area contributed by atoms with Crippen LogP contribution in [0.3, 0.4) is 0 Å². The molecule has 0 saturated carbocycles. The quantitative estimate of drug-likeness (QED) is 0.535. The van der Waals surface area contributed by atoms with Gasteiger partial charge in [0.1, 0.15) is 6.54 Å². The van der Waals surface area contributed by atoms with Gasteiger partial charge in [0, 0.05) is 64.3 Å². The Kier molecular flexibility index (Phi) is 6.31. The van der Waals surface area contributed by atoms with Crippen LogP contribution in [0.15, 0.2) is 17.4 Å². The summed E-state index contributed by atoms with van der Waals surface area (Å²) in [5.41, 5.74) is 1.00. The highest BCUT2D eigenvalue weighted by Gasteiger charge is 2.41. The average molecular weight is 422 g/mol. The molecule has 0 aliphatic carbocycles. The van der Waals surface area contributed by atoms with Crippen molar-refractivity contribution in [3.05, 3.63) is 12.4 Å². The van der Waals surface area contributed by atoms with Crippen LogP contribution in [0.2, 0.25) is 0 Å². The number of morpholine rings is 1. The van der Waals surface area contributed by atoms with Gasteiger partial charge in [-0.15, -0.1) is 0 Å². The molecule has 0 radical (unpaired) electrons. The van der Waals surface area contributed by atoms with E-state index in [0.29, 0.717) is 13.1 Å². The van der Waals surface area contributed by atoms with Gasteiger partial charge in [-0.2, -0.15) is 16.9 Å². The number of hydrogen-bond acceptors (Lipinski definition) is 6. The lowest BCUT2D eigenvalue weighted by atomic mass is 9.95. The maximum atomic E-state index is 12.7. The minimum absolute atomic E-state index is 0.0755. The van der Waals surface area contributed by atoms with Crippen molar-refractivity contribution in [3.63, 3.8) is 0 Å². The number of ether oxygens (including phenoxy) is 1. The largest absolute Gasteiger partial charge is 0.379 e. The zero-order valence-electron chi connectivity index (χ0n) is 17.3. The lowest BCUT2D eigenvalue weighted by molar-refractivity contribution is -0.120. The van der Waals surface area contributed by atoms with Gasteiger partial charge < -0.3 is 19.9 Å². The molecule has 3 saturated heterocycles. The molecule has 0 bridgehead atoms. The van der Waals surface area contributed by atoms with E-state index >= 15 is 0 Å². The molecule has 1 atom stereocenters. The van der Waals surface area contributed by atoms with E-state index in [2.05, 4.69) is 25.2 Å². The molecule has 3 aliphatic rings. The number of aromatic nitrogens is 2. The number of rotatable bonds is 4. The summed E-state index contributed by atoms with van der Waals surface area (Å²) in [4.78, 5) is 23.7. The first-order valence-corrected chi connectivity index (χ1v) is 11.4. The van der Waals surface area contributed by atoms with Crippen molar-refractivity contribution in [2.45, 2.75) is 12.0 Å². The first kappa shape index (κ1) is 20.5. The van der Waals surface area contributed by atoms with E-state index in [0.717, 1.165) is 56.8 Å². The van der Waals surface area contributed by atoms with Gasteiger partial charge in [0.05, 0.1) is 25.1 Å². The number of amides is 1. The Balaban J connectivity index is 1.37. The maximum Gasteiger partial charge on any atom is 0.246 e. The highest BCUT2D eigenvalue weighted by molar-refractivity contribution is 7.99. The van der Waals surface area contributed by atoms with Crippen LogP contribution in [-0.4, -0.2) is 108 Å². The third-order valence-corrected chi connectivity index (χ3v) is 7.31. The molecule has 10 heteroatoms. The van der Waals surface area contributed by atoms with Gasteiger partial charge in [0.25, 0.3) is 0 Å². The molecule has 3 fully saturated rings. The van der Waals surface area contributed by atoms with E-state index in [1.807, 2.05) is 25.0 Å². The van der Waals surface area contributed by atoms with Gasteiger partial charge in [0.15, 0.2) is 5.96 Å². The number of hydrogen-bond donors (Lipinski definition) is 1. The normalized spacial score (nSPS) is 27.0. The van der Waals surface area contributed by atoms with E-state index in [9.17, 15) is 4.79 Å². The van der Waals surface area contributed by atoms with E-state index in [1.165, 1.54) is 12.2 Å². The Bertz CT molecular complexity index is 741. The van der Waals surface area contributed by atoms with Crippen molar-refractivity contribution < 1.29 is 9.53 Å². The minimum atomic E-state index is 0.0755. The molecule has 160 valence electrons. The Morgan fingerprint density at radius 3 is 2.79 bits per heavy atom. The van der Waals surface area contributed by atoms with Crippen LogP contribution in [0.4, 0.5) is 5.69 Å². The Labute approximate surface area is 176 Å². The maximum absolute atomic E-state index is 12.7. The number of piperazine rings is 1. The molecule has 0 spiro atoms. The van der Waals surface area contributed by atoms with Crippen LogP contribution < -0.4 is 10.2 Å². The predicted molar refractivity (Wildman–Crippen MR) is 116 cm³/mol. The topological polar surface area (TPSA) is 78.2 Å². The van der Waals surface area contributed by atoms with Crippen molar-refractivity contribution in [2.75, 3.05) is 75.9 Å². The molecule has 3 aliphatic heterocycles. The number of anilines is 1. The fourth-order valence-corrected chi connectivity index (χ4v) is 5.86. The Hall–Kier alpha value is -1.78. The first-order chi connectivity index (χ1) is 14.1. The lowest BCUT2D eigenvalue weighted by Crippen LogP contribution is -2.61. The van der Waals surface area contributed by atoms with Crippen LogP contribution in [0.1, 0.15) is 6.42 Å². The number of nitrogens with one attached hydrogen (secondary N) is 1. The van der Waals surface area contributed by atoms with Crippen molar-refractivity contribution in [3.8, 4) is 0 Å². The molecule has 1 aromatic heterocycles. The summed E-state index contributed by atoms with van der Waals surface area (Å²) < 4.78 is 7.28. The van der Waals surface area contributed by atoms with Crippen molar-refractivity contribution in [2.24, 2.45) is 12.0 Å². The summed E-state index contributed by atoms with van der Waals surface area (Å²) in [6, 6.07) is 0. The van der Waals surface area contributed by atoms with E-state index in [4.69, 9.17) is 4.74 Å². The molecule has 1 N–H and O–H groups in total. The fourth-order valence-electron chi connectivity index (χ4n) is 4.39. The highest BCUT2D eigenvalue weighted by Crippen LogP contribution is 2.33. The number of guanidine groups is 1. The number of aryl methyl sites for hydroxylation is 1. The van der Waals surface area contributed by atoms with Crippen molar-refractivity contribution in [1.29, 1.82) is 0 Å². The number of nitrogens with zero attached hydrogens (tertiary/aromatic N) is 6. The van der Waals surface area contributed by atoms with Crippen LogP contribution >= 0.6 is 11.8 Å². The van der Waals surface area contributed by atoms with Crippen molar-refractivity contribution >= 4 is 29.3 Å². The summed E-state index contributed by atoms with van der Waals surface area (Å²) in [6.07, 6.45) is 4.80. The molecular weight excluding hydrogens is 390 g/mol. The summed E-state index contributed by atoms with van der Waals surface area (Å²) in [5.74, 6) is 3.21. The number of carbonyl (C=O) groups is 1. The molecule has 9 nitrogen and oxygen atoms in total. The minimum Gasteiger partial charge on any atom is -0.379 e. The Morgan fingerprint density at radius 1 is 1.34 bits per heavy atom. The second-order valence-electron chi connectivity index (χ2n) is 7.87. The summed E-state index contributed by atoms with van der Waals surface area (Å²) in [6.45, 7) is 6.16. The first-order valence-electron chi connectivity index (χ1n) is 10.3. The highest BCUT2D eigenvalue weighted by atomic mass is 32.2. The fraction of sp³-hybridized carbons (Fsp3) is 0.737. The van der Waals surface area contributed by atoms with E-state index in [1.54, 1.807) is 22.8 Å². The van der Waals surface area contributed by atoms with Crippen LogP contribution in [-0.2, 0) is 16.6 Å². The predicted octanol–water partition coefficient (Wildman–Crippen LogP) is -0.148. The molecular formula is C19H31N7O2S. The van der Waals surface area contributed by atoms with Gasteiger partial charge >= 0.3 is 0 Å². The van der Waals surface area contributed by atoms with Crippen LogP contribution in [0.5, 0.6) is 0 Å². The van der Waals surface area contributed by atoms with E-state index in [-0.39, 0.29) is 11.4 Å². The monoisotopic (exact) mass is 421 g/mol. The standard InChI is InChI=1S/C19H31N7O2S/c1-20-18(21-14-19(3-10-29-15-19)25-6-8-28-9-7-25)24-4-5-26(17(27)13-24)16-11-22-23(2)12-16/h11-12H,3-10,13-15H2,1-2H3,(H,20,21). The summed E-state index contributed by atoms with van der Waals surface area (Å²) in [5, 5.41) is 7.77. The average Bonchev–Trinajstić information content (AvgIpc) is 3.39. The van der Waals surface area contributed by atoms with Gasteiger partial charge in [-0.05, 0) is 12.2 Å². The van der Waals surface area contributed by atoms with Gasteiger partial charge in [-0.1, -0.05) is 0 Å². The van der Waals surface area contributed by atoms with Gasteiger partial charge in [-0.25, -0.2) is 0 Å². The summed E-state index contributed by atoms with van der Waals surface area (Å²) in [7, 11) is 3.66. The number of thioether (sulfide) groups is 1. The molecule has 1 unspecified atom stereocenters. The second kappa shape index (κ2) is 8.93. The van der Waals surface area contributed by atoms with Gasteiger partial charge in [0.2, 0.25) is 5.91 Å². The molecule has 0 aromatic carbocycles. The molecule has 29 heavy (non-hydrogen) atoms. The zero-order chi connectivity index (χ0) is 20.3. The van der Waals surface area contributed by atoms with E-state index < -0.39 is 0 Å². The van der Waals surface area contributed by atoms with Crippen LogP contribution in [0, 0.1) is 0 Å².